The molecule has 0 amide bonds. The van der Waals surface area contributed by atoms with E-state index in [4.69, 9.17) is 9.47 Å². The third-order valence-corrected chi connectivity index (χ3v) is 4.31. The smallest absolute Gasteiger partial charge is 0.336 e. The van der Waals surface area contributed by atoms with Gasteiger partial charge in [-0.25, -0.2) is 0 Å². The molecule has 0 fully saturated rings. The Bertz CT molecular complexity index is 917. The normalized spacial score (nSPS) is 10.6. The third-order valence-electron chi connectivity index (χ3n) is 4.31. The molecule has 6 nitrogen and oxygen atoms in total. The van der Waals surface area contributed by atoms with Gasteiger partial charge in [0.2, 0.25) is 0 Å². The van der Waals surface area contributed by atoms with E-state index in [1.165, 1.54) is 17.4 Å². The van der Waals surface area contributed by atoms with Gasteiger partial charge in [0.25, 0.3) is 5.91 Å². The maximum atomic E-state index is 13.0. The average molecular weight is 365 g/mol. The van der Waals surface area contributed by atoms with Gasteiger partial charge in [0.05, 0.1) is 14.2 Å². The Morgan fingerprint density at radius 1 is 1.07 bits per heavy atom. The maximum Gasteiger partial charge on any atom is 0.336 e. The minimum absolute atomic E-state index is 0.140. The molecule has 0 unspecified atom stereocenters. The van der Waals surface area contributed by atoms with Crippen LogP contribution in [0.2, 0.25) is 0 Å². The lowest BCUT2D eigenvalue weighted by atomic mass is 10.1. The predicted octanol–water partition coefficient (Wildman–Crippen LogP) is 3.99. The number of methoxy groups -OCH3 is 2. The van der Waals surface area contributed by atoms with Crippen LogP contribution in [0, 0.1) is 0 Å². The van der Waals surface area contributed by atoms with Crippen LogP contribution in [0.1, 0.15) is 35.7 Å². The van der Waals surface area contributed by atoms with Gasteiger partial charge >= 0.3 is 6.01 Å². The largest absolute Gasteiger partial charge is 0.497 e. The van der Waals surface area contributed by atoms with E-state index < -0.39 is 0 Å². The van der Waals surface area contributed by atoms with E-state index in [-0.39, 0.29) is 11.9 Å². The standard InChI is InChI=1S/C21H23N3O3/c1-4-5-7-15-10-12-16(13-11-15)20(25)24-19(22-21(23-24)27-3)17-8-6-9-18(14-17)26-2/h6,8-14H,4-5,7H2,1-3H3. The van der Waals surface area contributed by atoms with Crippen LogP contribution >= 0.6 is 0 Å². The number of ether oxygens (including phenoxy) is 2. The summed E-state index contributed by atoms with van der Waals surface area (Å²) in [5.41, 5.74) is 2.49. The van der Waals surface area contributed by atoms with Crippen molar-refractivity contribution in [2.75, 3.05) is 14.2 Å². The van der Waals surface area contributed by atoms with Crippen molar-refractivity contribution < 1.29 is 14.3 Å². The lowest BCUT2D eigenvalue weighted by molar-refractivity contribution is 0.0945. The molecular weight excluding hydrogens is 342 g/mol. The lowest BCUT2D eigenvalue weighted by Gasteiger charge is -2.07. The Morgan fingerprint density at radius 2 is 1.85 bits per heavy atom. The summed E-state index contributed by atoms with van der Waals surface area (Å²) in [7, 11) is 3.07. The van der Waals surface area contributed by atoms with Gasteiger partial charge in [-0.05, 0) is 42.7 Å². The van der Waals surface area contributed by atoms with Crippen molar-refractivity contribution in [3.63, 3.8) is 0 Å². The van der Waals surface area contributed by atoms with E-state index in [9.17, 15) is 4.79 Å². The van der Waals surface area contributed by atoms with Crippen LogP contribution in [0.25, 0.3) is 11.4 Å². The predicted molar refractivity (Wildman–Crippen MR) is 103 cm³/mol. The first-order valence-electron chi connectivity index (χ1n) is 8.95. The van der Waals surface area contributed by atoms with E-state index >= 15 is 0 Å². The number of benzene rings is 2. The summed E-state index contributed by atoms with van der Waals surface area (Å²) in [5.74, 6) is 0.824. The van der Waals surface area contributed by atoms with Gasteiger partial charge in [0, 0.05) is 11.1 Å². The molecule has 0 N–H and O–H groups in total. The molecule has 3 rings (SSSR count). The molecule has 3 aromatic rings. The molecule has 0 atom stereocenters. The van der Waals surface area contributed by atoms with Crippen molar-refractivity contribution in [2.24, 2.45) is 0 Å². The first-order valence-corrected chi connectivity index (χ1v) is 8.95. The Hall–Kier alpha value is -3.15. The summed E-state index contributed by atoms with van der Waals surface area (Å²) < 4.78 is 11.7. The second-order valence-electron chi connectivity index (χ2n) is 6.17. The monoisotopic (exact) mass is 365 g/mol. The molecule has 2 aromatic carbocycles. The highest BCUT2D eigenvalue weighted by molar-refractivity contribution is 5.97. The fourth-order valence-corrected chi connectivity index (χ4v) is 2.79. The Labute approximate surface area is 158 Å². The number of rotatable bonds is 7. The second-order valence-corrected chi connectivity index (χ2v) is 6.17. The molecule has 0 radical (unpaired) electrons. The molecule has 140 valence electrons. The number of nitrogens with zero attached hydrogens (tertiary/aromatic N) is 3. The second kappa shape index (κ2) is 8.49. The molecule has 6 heteroatoms. The SMILES string of the molecule is CCCCc1ccc(C(=O)n2nc(OC)nc2-c2cccc(OC)c2)cc1. The van der Waals surface area contributed by atoms with Gasteiger partial charge < -0.3 is 9.47 Å². The Balaban J connectivity index is 1.95. The molecule has 1 heterocycles. The topological polar surface area (TPSA) is 66.2 Å². The summed E-state index contributed by atoms with van der Waals surface area (Å²) in [4.78, 5) is 17.4. The van der Waals surface area contributed by atoms with Crippen LogP contribution in [-0.2, 0) is 6.42 Å². The molecule has 0 aliphatic carbocycles. The van der Waals surface area contributed by atoms with Crippen molar-refractivity contribution in [2.45, 2.75) is 26.2 Å². The number of aryl methyl sites for hydroxylation is 1. The summed E-state index contributed by atoms with van der Waals surface area (Å²) in [5, 5.41) is 4.20. The fraction of sp³-hybridized carbons (Fsp3) is 0.286. The van der Waals surface area contributed by atoms with Crippen LogP contribution in [0.15, 0.2) is 48.5 Å². The average Bonchev–Trinajstić information content (AvgIpc) is 3.16. The van der Waals surface area contributed by atoms with Gasteiger partial charge in [-0.3, -0.25) is 4.79 Å². The fourth-order valence-electron chi connectivity index (χ4n) is 2.79. The summed E-state index contributed by atoms with van der Waals surface area (Å²) >= 11 is 0. The van der Waals surface area contributed by atoms with Gasteiger partial charge in [-0.2, -0.15) is 9.67 Å². The number of unbranched alkanes of at least 4 members (excludes halogenated alkanes) is 1. The zero-order chi connectivity index (χ0) is 19.2. The quantitative estimate of drug-likeness (QED) is 0.633. The maximum absolute atomic E-state index is 13.0. The van der Waals surface area contributed by atoms with Gasteiger partial charge in [-0.15, -0.1) is 5.10 Å². The van der Waals surface area contributed by atoms with Crippen LogP contribution in [0.3, 0.4) is 0 Å². The molecule has 0 aliphatic heterocycles. The number of carbonyl (C=O) groups excluding carboxylic acids is 1. The Morgan fingerprint density at radius 3 is 2.52 bits per heavy atom. The summed E-state index contributed by atoms with van der Waals surface area (Å²) in [6, 6.07) is 15.1. The highest BCUT2D eigenvalue weighted by Crippen LogP contribution is 2.25. The van der Waals surface area contributed by atoms with E-state index in [1.807, 2.05) is 42.5 Å². The zero-order valence-electron chi connectivity index (χ0n) is 15.8. The molecule has 0 saturated carbocycles. The lowest BCUT2D eigenvalue weighted by Crippen LogP contribution is -2.15. The summed E-state index contributed by atoms with van der Waals surface area (Å²) in [6.07, 6.45) is 3.29. The minimum atomic E-state index is -0.259. The van der Waals surface area contributed by atoms with E-state index in [1.54, 1.807) is 13.2 Å². The first-order chi connectivity index (χ1) is 13.2. The molecule has 0 saturated heterocycles. The number of aromatic nitrogens is 3. The van der Waals surface area contributed by atoms with Gasteiger partial charge in [-0.1, -0.05) is 37.6 Å². The van der Waals surface area contributed by atoms with E-state index in [2.05, 4.69) is 17.0 Å². The van der Waals surface area contributed by atoms with Crippen LogP contribution < -0.4 is 9.47 Å². The summed E-state index contributed by atoms with van der Waals surface area (Å²) in [6.45, 7) is 2.16. The van der Waals surface area contributed by atoms with Gasteiger partial charge in [0.15, 0.2) is 5.82 Å². The molecule has 27 heavy (non-hydrogen) atoms. The highest BCUT2D eigenvalue weighted by Gasteiger charge is 2.20. The van der Waals surface area contributed by atoms with E-state index in [0.29, 0.717) is 17.1 Å². The Kier molecular flexibility index (Phi) is 5.86. The van der Waals surface area contributed by atoms with Crippen LogP contribution in [0.5, 0.6) is 11.8 Å². The third kappa shape index (κ3) is 4.16. The van der Waals surface area contributed by atoms with Crippen molar-refractivity contribution in [1.29, 1.82) is 0 Å². The van der Waals surface area contributed by atoms with Gasteiger partial charge in [0.1, 0.15) is 5.75 Å². The molecule has 1 aromatic heterocycles. The van der Waals surface area contributed by atoms with Crippen LogP contribution in [-0.4, -0.2) is 34.9 Å². The number of hydrogen-bond acceptors (Lipinski definition) is 5. The number of carbonyl (C=O) groups is 1. The van der Waals surface area contributed by atoms with Crippen molar-refractivity contribution >= 4 is 5.91 Å². The van der Waals surface area contributed by atoms with Crippen molar-refractivity contribution in [3.8, 4) is 23.1 Å². The van der Waals surface area contributed by atoms with Crippen molar-refractivity contribution in [1.82, 2.24) is 14.8 Å². The van der Waals surface area contributed by atoms with E-state index in [0.717, 1.165) is 24.8 Å². The molecule has 0 bridgehead atoms. The minimum Gasteiger partial charge on any atom is -0.497 e. The van der Waals surface area contributed by atoms with Crippen LogP contribution in [0.4, 0.5) is 0 Å². The number of hydrogen-bond donors (Lipinski definition) is 0. The zero-order valence-corrected chi connectivity index (χ0v) is 15.8. The first kappa shape index (κ1) is 18.6. The highest BCUT2D eigenvalue weighted by atomic mass is 16.5. The van der Waals surface area contributed by atoms with Crippen molar-refractivity contribution in [3.05, 3.63) is 59.7 Å². The molecular formula is C21H23N3O3. The molecule has 0 aliphatic rings. The molecule has 0 spiro atoms.